The minimum Gasteiger partial charge on any atom is -0.440 e. The standard InChI is InChI=1S/C34H35N3O4S/c1-2-23-21-40-17-16-37(23)20-31(39)35-22-12-13-30-28(18-22)26-10-7-9-25(34(26)42-30)24-8-6-11-27-29(38)19-32(41-33(24)27)36-14-4-3-5-15-36/h6-13,18-19,23H,2-5,14-17,20-21H2,1H3,(H,35,39)/t23-/m0/s1. The van der Waals surface area contributed by atoms with Crippen LogP contribution in [0.5, 0.6) is 0 Å². The normalized spacial score (nSPS) is 18.2. The molecule has 4 heterocycles. The van der Waals surface area contributed by atoms with E-state index in [0.717, 1.165) is 75.9 Å². The van der Waals surface area contributed by atoms with Crippen LogP contribution >= 0.6 is 11.3 Å². The van der Waals surface area contributed by atoms with Gasteiger partial charge in [0, 0.05) is 68.7 Å². The van der Waals surface area contributed by atoms with Crippen LogP contribution in [-0.4, -0.2) is 56.2 Å². The van der Waals surface area contributed by atoms with Crippen molar-refractivity contribution in [2.24, 2.45) is 0 Å². The Bertz CT molecular complexity index is 1840. The molecule has 3 aromatic carbocycles. The van der Waals surface area contributed by atoms with E-state index >= 15 is 0 Å². The first-order valence-corrected chi connectivity index (χ1v) is 15.8. The zero-order valence-corrected chi connectivity index (χ0v) is 24.7. The van der Waals surface area contributed by atoms with Crippen molar-refractivity contribution in [2.75, 3.05) is 49.6 Å². The number of nitrogens with one attached hydrogen (secondary N) is 1. The van der Waals surface area contributed by atoms with Crippen molar-refractivity contribution in [3.63, 3.8) is 0 Å². The summed E-state index contributed by atoms with van der Waals surface area (Å²) in [5, 5.41) is 5.94. The van der Waals surface area contributed by atoms with E-state index in [2.05, 4.69) is 52.4 Å². The number of anilines is 2. The van der Waals surface area contributed by atoms with Gasteiger partial charge in [0.2, 0.25) is 5.91 Å². The van der Waals surface area contributed by atoms with E-state index in [1.165, 1.54) is 6.42 Å². The summed E-state index contributed by atoms with van der Waals surface area (Å²) in [5.41, 5.74) is 3.38. The zero-order valence-electron chi connectivity index (χ0n) is 23.9. The van der Waals surface area contributed by atoms with Gasteiger partial charge < -0.3 is 19.4 Å². The van der Waals surface area contributed by atoms with Crippen molar-refractivity contribution < 1.29 is 13.9 Å². The number of fused-ring (bicyclic) bond motifs is 4. The molecule has 216 valence electrons. The Morgan fingerprint density at radius 1 is 0.952 bits per heavy atom. The number of nitrogens with zero attached hydrogens (tertiary/aromatic N) is 2. The summed E-state index contributed by atoms with van der Waals surface area (Å²) in [6.07, 6.45) is 4.40. The lowest BCUT2D eigenvalue weighted by Gasteiger charge is -2.34. The SMILES string of the molecule is CC[C@H]1COCCN1CC(=O)Nc1ccc2sc3c(-c4cccc5c(=O)cc(N6CCCCC6)oc45)cccc3c2c1. The predicted molar refractivity (Wildman–Crippen MR) is 172 cm³/mol. The minimum absolute atomic E-state index is 0.00906. The van der Waals surface area contributed by atoms with Gasteiger partial charge in [0.1, 0.15) is 5.58 Å². The molecular weight excluding hydrogens is 546 g/mol. The highest BCUT2D eigenvalue weighted by Gasteiger charge is 2.24. The molecule has 1 N–H and O–H groups in total. The van der Waals surface area contributed by atoms with Crippen molar-refractivity contribution in [1.29, 1.82) is 0 Å². The van der Waals surface area contributed by atoms with Crippen molar-refractivity contribution in [2.45, 2.75) is 38.6 Å². The molecule has 2 aliphatic rings. The van der Waals surface area contributed by atoms with Crippen molar-refractivity contribution in [3.8, 4) is 11.1 Å². The summed E-state index contributed by atoms with van der Waals surface area (Å²) in [6, 6.07) is 20.2. The topological polar surface area (TPSA) is 75.0 Å². The van der Waals surface area contributed by atoms with Crippen LogP contribution in [0.4, 0.5) is 11.6 Å². The molecule has 5 aromatic rings. The minimum atomic E-state index is -0.00934. The van der Waals surface area contributed by atoms with Gasteiger partial charge in [-0.3, -0.25) is 14.5 Å². The fourth-order valence-electron chi connectivity index (χ4n) is 6.39. The summed E-state index contributed by atoms with van der Waals surface area (Å²) >= 11 is 1.72. The molecule has 42 heavy (non-hydrogen) atoms. The van der Waals surface area contributed by atoms with Crippen LogP contribution in [0, 0.1) is 0 Å². The van der Waals surface area contributed by atoms with Crippen molar-refractivity contribution in [3.05, 3.63) is 70.9 Å². The largest absolute Gasteiger partial charge is 0.440 e. The second-order valence-corrected chi connectivity index (χ2v) is 12.4. The molecule has 0 spiro atoms. The number of para-hydroxylation sites is 1. The fourth-order valence-corrected chi connectivity index (χ4v) is 7.60. The van der Waals surface area contributed by atoms with Gasteiger partial charge >= 0.3 is 0 Å². The number of benzene rings is 3. The molecule has 0 aliphatic carbocycles. The van der Waals surface area contributed by atoms with Crippen LogP contribution in [0.1, 0.15) is 32.6 Å². The first kappa shape index (κ1) is 27.1. The summed E-state index contributed by atoms with van der Waals surface area (Å²) in [6.45, 7) is 6.43. The number of hydrogen-bond acceptors (Lipinski definition) is 7. The molecule has 0 radical (unpaired) electrons. The highest BCUT2D eigenvalue weighted by molar-refractivity contribution is 7.26. The van der Waals surface area contributed by atoms with E-state index in [0.29, 0.717) is 36.6 Å². The molecule has 2 fully saturated rings. The molecule has 2 saturated heterocycles. The molecule has 7 nitrogen and oxygen atoms in total. The van der Waals surface area contributed by atoms with Gasteiger partial charge in [0.05, 0.1) is 25.1 Å². The molecule has 1 amide bonds. The maximum atomic E-state index is 13.2. The summed E-state index contributed by atoms with van der Waals surface area (Å²) in [4.78, 5) is 30.6. The number of piperidine rings is 1. The summed E-state index contributed by atoms with van der Waals surface area (Å²) in [7, 11) is 0. The molecule has 2 aliphatic heterocycles. The molecule has 7 rings (SSSR count). The summed E-state index contributed by atoms with van der Waals surface area (Å²) in [5.74, 6) is 0.649. The number of ether oxygens (including phenoxy) is 1. The Balaban J connectivity index is 1.24. The Morgan fingerprint density at radius 3 is 2.60 bits per heavy atom. The lowest BCUT2D eigenvalue weighted by molar-refractivity contribution is -0.119. The maximum absolute atomic E-state index is 13.2. The smallest absolute Gasteiger partial charge is 0.238 e. The van der Waals surface area contributed by atoms with Crippen LogP contribution < -0.4 is 15.6 Å². The fraction of sp³-hybridized carbons (Fsp3) is 0.353. The van der Waals surface area contributed by atoms with Crippen LogP contribution in [0.3, 0.4) is 0 Å². The molecular formula is C34H35N3O4S. The second-order valence-electron chi connectivity index (χ2n) is 11.3. The van der Waals surface area contributed by atoms with Gasteiger partial charge in [0.15, 0.2) is 11.3 Å². The van der Waals surface area contributed by atoms with Gasteiger partial charge in [-0.2, -0.15) is 0 Å². The number of rotatable bonds is 6. The second kappa shape index (κ2) is 11.5. The van der Waals surface area contributed by atoms with E-state index in [-0.39, 0.29) is 17.4 Å². The first-order chi connectivity index (χ1) is 20.6. The predicted octanol–water partition coefficient (Wildman–Crippen LogP) is 6.87. The van der Waals surface area contributed by atoms with E-state index in [1.807, 2.05) is 24.3 Å². The van der Waals surface area contributed by atoms with Gasteiger partial charge in [0.25, 0.3) is 0 Å². The highest BCUT2D eigenvalue weighted by atomic mass is 32.1. The molecule has 0 unspecified atom stereocenters. The maximum Gasteiger partial charge on any atom is 0.238 e. The molecule has 1 atom stereocenters. The number of carbonyl (C=O) groups is 1. The average molecular weight is 582 g/mol. The first-order valence-electron chi connectivity index (χ1n) is 15.0. The lowest BCUT2D eigenvalue weighted by Crippen LogP contribution is -2.48. The van der Waals surface area contributed by atoms with Crippen LogP contribution in [0.15, 0.2) is 69.9 Å². The molecule has 0 bridgehead atoms. The third-order valence-electron chi connectivity index (χ3n) is 8.65. The Morgan fingerprint density at radius 2 is 1.76 bits per heavy atom. The number of carbonyl (C=O) groups excluding carboxylic acids is 1. The van der Waals surface area contributed by atoms with Crippen molar-refractivity contribution >= 4 is 60.0 Å². The molecule has 2 aromatic heterocycles. The van der Waals surface area contributed by atoms with E-state index in [4.69, 9.17) is 9.15 Å². The summed E-state index contributed by atoms with van der Waals surface area (Å²) < 4.78 is 14.4. The number of hydrogen-bond donors (Lipinski definition) is 1. The average Bonchev–Trinajstić information content (AvgIpc) is 3.40. The third-order valence-corrected chi connectivity index (χ3v) is 9.87. The quantitative estimate of drug-likeness (QED) is 0.236. The Kier molecular flexibility index (Phi) is 7.44. The third kappa shape index (κ3) is 5.08. The molecule has 8 heteroatoms. The Hall–Kier alpha value is -3.72. The zero-order chi connectivity index (χ0) is 28.6. The number of thiophene rings is 1. The van der Waals surface area contributed by atoms with Gasteiger partial charge in [-0.1, -0.05) is 37.3 Å². The van der Waals surface area contributed by atoms with Gasteiger partial charge in [-0.15, -0.1) is 11.3 Å². The number of morpholine rings is 1. The van der Waals surface area contributed by atoms with Gasteiger partial charge in [-0.05, 0) is 49.9 Å². The van der Waals surface area contributed by atoms with E-state index in [9.17, 15) is 9.59 Å². The molecule has 0 saturated carbocycles. The van der Waals surface area contributed by atoms with E-state index < -0.39 is 0 Å². The van der Waals surface area contributed by atoms with Crippen molar-refractivity contribution in [1.82, 2.24) is 4.90 Å². The number of amides is 1. The van der Waals surface area contributed by atoms with Gasteiger partial charge in [-0.25, -0.2) is 0 Å². The lowest BCUT2D eigenvalue weighted by atomic mass is 10.0. The van der Waals surface area contributed by atoms with Crippen LogP contribution in [-0.2, 0) is 9.53 Å². The van der Waals surface area contributed by atoms with Crippen LogP contribution in [0.2, 0.25) is 0 Å². The van der Waals surface area contributed by atoms with E-state index in [1.54, 1.807) is 17.4 Å². The highest BCUT2D eigenvalue weighted by Crippen LogP contribution is 2.42. The van der Waals surface area contributed by atoms with Crippen LogP contribution in [0.25, 0.3) is 42.3 Å². The monoisotopic (exact) mass is 581 g/mol. The Labute approximate surface area is 248 Å².